The third-order valence-electron chi connectivity index (χ3n) is 1.60. The number of rotatable bonds is 4. The van der Waals surface area contributed by atoms with Gasteiger partial charge in [-0.05, 0) is 11.6 Å². The SMILES string of the molecule is C=C(CCl)COc1cc(Cl)c(Cl)cc1Cl. The molecule has 0 fully saturated rings. The van der Waals surface area contributed by atoms with E-state index in [4.69, 9.17) is 51.1 Å². The second-order valence-corrected chi connectivity index (χ2v) is 4.36. The zero-order valence-corrected chi connectivity index (χ0v) is 10.7. The van der Waals surface area contributed by atoms with E-state index >= 15 is 0 Å². The fourth-order valence-electron chi connectivity index (χ4n) is 0.833. The Morgan fingerprint density at radius 2 is 1.73 bits per heavy atom. The lowest BCUT2D eigenvalue weighted by Crippen LogP contribution is -2.01. The summed E-state index contributed by atoms with van der Waals surface area (Å²) >= 11 is 23.0. The van der Waals surface area contributed by atoms with Crippen LogP contribution in [0.25, 0.3) is 0 Å². The van der Waals surface area contributed by atoms with Gasteiger partial charge in [0, 0.05) is 11.9 Å². The number of ether oxygens (including phenoxy) is 1. The maximum absolute atomic E-state index is 5.90. The second-order valence-electron chi connectivity index (χ2n) is 2.87. The summed E-state index contributed by atoms with van der Waals surface area (Å²) in [6.07, 6.45) is 0. The van der Waals surface area contributed by atoms with Gasteiger partial charge < -0.3 is 4.74 Å². The summed E-state index contributed by atoms with van der Waals surface area (Å²) in [6.45, 7) is 4.01. The van der Waals surface area contributed by atoms with Crippen LogP contribution < -0.4 is 4.74 Å². The lowest BCUT2D eigenvalue weighted by atomic mass is 10.3. The van der Waals surface area contributed by atoms with Gasteiger partial charge >= 0.3 is 0 Å². The van der Waals surface area contributed by atoms with Crippen LogP contribution in [0.3, 0.4) is 0 Å². The third kappa shape index (κ3) is 3.76. The summed E-state index contributed by atoms with van der Waals surface area (Å²) in [7, 11) is 0. The van der Waals surface area contributed by atoms with Crippen molar-refractivity contribution in [3.8, 4) is 5.75 Å². The summed E-state index contributed by atoms with van der Waals surface area (Å²) < 4.78 is 5.37. The van der Waals surface area contributed by atoms with E-state index in [0.717, 1.165) is 5.57 Å². The van der Waals surface area contributed by atoms with Crippen LogP contribution in [0, 0.1) is 0 Å². The first-order valence-corrected chi connectivity index (χ1v) is 5.71. The van der Waals surface area contributed by atoms with Crippen LogP contribution in [-0.4, -0.2) is 12.5 Å². The minimum atomic E-state index is 0.307. The Labute approximate surface area is 109 Å². The molecule has 15 heavy (non-hydrogen) atoms. The molecule has 0 aliphatic heterocycles. The predicted octanol–water partition coefficient (Wildman–Crippen LogP) is 4.82. The summed E-state index contributed by atoms with van der Waals surface area (Å²) in [5, 5.41) is 1.20. The highest BCUT2D eigenvalue weighted by Gasteiger charge is 2.07. The predicted molar refractivity (Wildman–Crippen MR) is 66.8 cm³/mol. The van der Waals surface area contributed by atoms with Gasteiger partial charge in [-0.2, -0.15) is 0 Å². The molecule has 82 valence electrons. The lowest BCUT2D eigenvalue weighted by Gasteiger charge is -2.09. The molecule has 0 spiro atoms. The molecule has 0 heterocycles. The molecule has 0 bridgehead atoms. The molecule has 5 heteroatoms. The zero-order valence-electron chi connectivity index (χ0n) is 7.70. The molecule has 0 saturated carbocycles. The van der Waals surface area contributed by atoms with E-state index in [9.17, 15) is 0 Å². The van der Waals surface area contributed by atoms with Gasteiger partial charge in [0.25, 0.3) is 0 Å². The molecule has 1 aromatic rings. The maximum Gasteiger partial charge on any atom is 0.139 e. The minimum absolute atomic E-state index is 0.307. The summed E-state index contributed by atoms with van der Waals surface area (Å²) in [5.74, 6) is 0.816. The van der Waals surface area contributed by atoms with Crippen LogP contribution in [0.1, 0.15) is 0 Å². The third-order valence-corrected chi connectivity index (χ3v) is 2.99. The molecular formula is C10H8Cl4O. The van der Waals surface area contributed by atoms with E-state index in [1.54, 1.807) is 6.07 Å². The molecule has 0 aliphatic rings. The molecule has 0 atom stereocenters. The molecule has 0 aromatic heterocycles. The van der Waals surface area contributed by atoms with Gasteiger partial charge in [0.05, 0.1) is 15.1 Å². The summed E-state index contributed by atoms with van der Waals surface area (Å²) in [4.78, 5) is 0. The largest absolute Gasteiger partial charge is 0.488 e. The Hall–Kier alpha value is -0.0800. The topological polar surface area (TPSA) is 9.23 Å². The van der Waals surface area contributed by atoms with E-state index < -0.39 is 0 Å². The highest BCUT2D eigenvalue weighted by Crippen LogP contribution is 2.33. The molecule has 0 unspecified atom stereocenters. The monoisotopic (exact) mass is 284 g/mol. The van der Waals surface area contributed by atoms with Gasteiger partial charge in [0.1, 0.15) is 12.4 Å². The zero-order chi connectivity index (χ0) is 11.4. The Morgan fingerprint density at radius 1 is 1.13 bits per heavy atom. The standard InChI is InChI=1S/C10H8Cl4O/c1-6(4-11)5-15-10-3-8(13)7(12)2-9(10)14/h2-3H,1,4-5H2. The van der Waals surface area contributed by atoms with Crippen molar-refractivity contribution >= 4 is 46.4 Å². The fraction of sp³-hybridized carbons (Fsp3) is 0.200. The van der Waals surface area contributed by atoms with Crippen molar-refractivity contribution in [1.82, 2.24) is 0 Å². The Morgan fingerprint density at radius 3 is 2.33 bits per heavy atom. The van der Waals surface area contributed by atoms with Gasteiger partial charge in [-0.15, -0.1) is 11.6 Å². The number of halogens is 4. The van der Waals surface area contributed by atoms with E-state index in [0.29, 0.717) is 33.3 Å². The van der Waals surface area contributed by atoms with Gasteiger partial charge in [0.15, 0.2) is 0 Å². The smallest absolute Gasteiger partial charge is 0.139 e. The van der Waals surface area contributed by atoms with E-state index in [2.05, 4.69) is 6.58 Å². The van der Waals surface area contributed by atoms with Crippen LogP contribution in [0.4, 0.5) is 0 Å². The quantitative estimate of drug-likeness (QED) is 0.438. The lowest BCUT2D eigenvalue weighted by molar-refractivity contribution is 0.353. The Bertz CT molecular complexity index is 376. The van der Waals surface area contributed by atoms with Crippen LogP contribution >= 0.6 is 46.4 Å². The van der Waals surface area contributed by atoms with Crippen molar-refractivity contribution < 1.29 is 4.74 Å². The number of alkyl halides is 1. The number of hydrogen-bond donors (Lipinski definition) is 0. The van der Waals surface area contributed by atoms with Gasteiger partial charge in [0.2, 0.25) is 0 Å². The van der Waals surface area contributed by atoms with E-state index in [1.165, 1.54) is 6.07 Å². The minimum Gasteiger partial charge on any atom is -0.488 e. The van der Waals surface area contributed by atoms with Crippen LogP contribution in [-0.2, 0) is 0 Å². The molecule has 0 amide bonds. The molecule has 1 nitrogen and oxygen atoms in total. The fourth-order valence-corrected chi connectivity index (χ4v) is 1.50. The first-order chi connectivity index (χ1) is 7.04. The van der Waals surface area contributed by atoms with E-state index in [1.807, 2.05) is 0 Å². The van der Waals surface area contributed by atoms with Crippen molar-refractivity contribution in [2.45, 2.75) is 0 Å². The van der Waals surface area contributed by atoms with E-state index in [-0.39, 0.29) is 0 Å². The van der Waals surface area contributed by atoms with Crippen molar-refractivity contribution in [2.75, 3.05) is 12.5 Å². The average molecular weight is 286 g/mol. The first-order valence-electron chi connectivity index (χ1n) is 4.04. The first kappa shape index (κ1) is 13.0. The van der Waals surface area contributed by atoms with Gasteiger partial charge in [-0.25, -0.2) is 0 Å². The molecule has 0 radical (unpaired) electrons. The molecular weight excluding hydrogens is 278 g/mol. The van der Waals surface area contributed by atoms with Crippen LogP contribution in [0.2, 0.25) is 15.1 Å². The van der Waals surface area contributed by atoms with Gasteiger partial charge in [-0.3, -0.25) is 0 Å². The summed E-state index contributed by atoms with van der Waals surface area (Å²) in [6, 6.07) is 3.10. The normalized spacial score (nSPS) is 10.1. The van der Waals surface area contributed by atoms with Crippen molar-refractivity contribution in [3.63, 3.8) is 0 Å². The average Bonchev–Trinajstić information content (AvgIpc) is 2.21. The van der Waals surface area contributed by atoms with Gasteiger partial charge in [-0.1, -0.05) is 41.4 Å². The van der Waals surface area contributed by atoms with Crippen molar-refractivity contribution in [3.05, 3.63) is 39.4 Å². The highest BCUT2D eigenvalue weighted by molar-refractivity contribution is 6.43. The number of benzene rings is 1. The van der Waals surface area contributed by atoms with Crippen LogP contribution in [0.5, 0.6) is 5.75 Å². The molecule has 1 rings (SSSR count). The van der Waals surface area contributed by atoms with Crippen LogP contribution in [0.15, 0.2) is 24.3 Å². The summed E-state index contributed by atoms with van der Waals surface area (Å²) in [5.41, 5.74) is 0.763. The van der Waals surface area contributed by atoms with Crippen molar-refractivity contribution in [1.29, 1.82) is 0 Å². The Kier molecular flexibility index (Phi) is 5.07. The molecule has 0 aliphatic carbocycles. The molecule has 1 aromatic carbocycles. The Balaban J connectivity index is 2.77. The van der Waals surface area contributed by atoms with Crippen molar-refractivity contribution in [2.24, 2.45) is 0 Å². The number of hydrogen-bond acceptors (Lipinski definition) is 1. The maximum atomic E-state index is 5.90. The molecule has 0 N–H and O–H groups in total. The highest BCUT2D eigenvalue weighted by atomic mass is 35.5. The molecule has 0 saturated heterocycles. The second kappa shape index (κ2) is 5.86.